The lowest BCUT2D eigenvalue weighted by molar-refractivity contribution is 0.122. The van der Waals surface area contributed by atoms with Gasteiger partial charge in [0.1, 0.15) is 0 Å². The molecule has 0 aromatic carbocycles. The summed E-state index contributed by atoms with van der Waals surface area (Å²) in [6, 6.07) is 0. The van der Waals surface area contributed by atoms with E-state index in [-0.39, 0.29) is 5.04 Å². The molecule has 1 aliphatic rings. The Morgan fingerprint density at radius 1 is 1.35 bits per heavy atom. The second kappa shape index (κ2) is 6.13. The first-order chi connectivity index (χ1) is 9.29. The fraction of sp³-hybridized carbons (Fsp3) is 0.786. The van der Waals surface area contributed by atoms with E-state index in [9.17, 15) is 0 Å². The molecule has 0 aliphatic carbocycles. The summed E-state index contributed by atoms with van der Waals surface area (Å²) in [7, 11) is -1.69. The zero-order chi connectivity index (χ0) is 14.8. The van der Waals surface area contributed by atoms with Crippen LogP contribution in [-0.4, -0.2) is 39.6 Å². The van der Waals surface area contributed by atoms with E-state index in [1.807, 2.05) is 0 Å². The lowest BCUT2D eigenvalue weighted by atomic mass is 10.2. The zero-order valence-corrected chi connectivity index (χ0v) is 15.0. The molecule has 1 fully saturated rings. The number of nitrogens with zero attached hydrogens (tertiary/aromatic N) is 2. The molecule has 6 heteroatoms. The van der Waals surface area contributed by atoms with E-state index < -0.39 is 8.32 Å². The first-order valence-corrected chi connectivity index (χ1v) is 11.0. The van der Waals surface area contributed by atoms with Gasteiger partial charge < -0.3 is 14.1 Å². The molecular formula is C14H26N2O2SSi. The first-order valence-electron chi connectivity index (χ1n) is 7.21. The van der Waals surface area contributed by atoms with Gasteiger partial charge in [0.15, 0.2) is 13.4 Å². The highest BCUT2D eigenvalue weighted by Crippen LogP contribution is 2.37. The van der Waals surface area contributed by atoms with Crippen LogP contribution < -0.4 is 4.90 Å². The predicted molar refractivity (Wildman–Crippen MR) is 87.1 cm³/mol. The highest BCUT2D eigenvalue weighted by Gasteiger charge is 2.37. The molecule has 1 aliphatic heterocycles. The van der Waals surface area contributed by atoms with Crippen LogP contribution in [0.1, 0.15) is 26.5 Å². The maximum absolute atomic E-state index is 6.22. The van der Waals surface area contributed by atoms with E-state index in [4.69, 9.17) is 14.1 Å². The highest BCUT2D eigenvalue weighted by molar-refractivity contribution is 7.13. The van der Waals surface area contributed by atoms with Gasteiger partial charge in [0.25, 0.3) is 0 Å². The van der Waals surface area contributed by atoms with Gasteiger partial charge in [-0.2, -0.15) is 0 Å². The Bertz CT molecular complexity index is 437. The Kier molecular flexibility index (Phi) is 4.89. The van der Waals surface area contributed by atoms with E-state index >= 15 is 0 Å². The van der Waals surface area contributed by atoms with Crippen LogP contribution in [0.4, 0.5) is 5.13 Å². The lowest BCUT2D eigenvalue weighted by Crippen LogP contribution is -2.40. The number of thiazole rings is 1. The normalized spacial score (nSPS) is 17.6. The Labute approximate surface area is 127 Å². The van der Waals surface area contributed by atoms with Gasteiger partial charge in [-0.05, 0) is 18.1 Å². The molecular weight excluding hydrogens is 288 g/mol. The molecule has 2 heterocycles. The molecule has 0 N–H and O–H groups in total. The molecule has 4 nitrogen and oxygen atoms in total. The third kappa shape index (κ3) is 3.81. The molecule has 0 atom stereocenters. The lowest BCUT2D eigenvalue weighted by Gasteiger charge is -2.35. The molecule has 1 aromatic rings. The topological polar surface area (TPSA) is 34.6 Å². The molecule has 2 rings (SSSR count). The maximum Gasteiger partial charge on any atom is 0.192 e. The average molecular weight is 315 g/mol. The van der Waals surface area contributed by atoms with Crippen molar-refractivity contribution in [1.29, 1.82) is 0 Å². The second-order valence-corrected chi connectivity index (χ2v) is 12.4. The van der Waals surface area contributed by atoms with E-state index in [2.05, 4.69) is 44.1 Å². The van der Waals surface area contributed by atoms with Crippen molar-refractivity contribution in [2.24, 2.45) is 0 Å². The van der Waals surface area contributed by atoms with Crippen molar-refractivity contribution >= 4 is 24.8 Å². The van der Waals surface area contributed by atoms with Crippen LogP contribution in [0, 0.1) is 0 Å². The largest absolute Gasteiger partial charge is 0.411 e. The summed E-state index contributed by atoms with van der Waals surface area (Å²) in [5, 5.41) is 3.47. The van der Waals surface area contributed by atoms with Crippen molar-refractivity contribution in [3.8, 4) is 0 Å². The molecule has 1 aromatic heterocycles. The minimum Gasteiger partial charge on any atom is -0.411 e. The summed E-state index contributed by atoms with van der Waals surface area (Å²) in [6.45, 7) is 15.5. The summed E-state index contributed by atoms with van der Waals surface area (Å²) in [6.07, 6.45) is 0. The number of hydrogen-bond acceptors (Lipinski definition) is 5. The van der Waals surface area contributed by atoms with Crippen LogP contribution in [0.3, 0.4) is 0 Å². The summed E-state index contributed by atoms with van der Waals surface area (Å²) in [5.41, 5.74) is 1.06. The zero-order valence-electron chi connectivity index (χ0n) is 13.2. The van der Waals surface area contributed by atoms with E-state index in [0.717, 1.165) is 37.1 Å². The maximum atomic E-state index is 6.22. The summed E-state index contributed by atoms with van der Waals surface area (Å²) < 4.78 is 11.6. The van der Waals surface area contributed by atoms with Crippen LogP contribution in [-0.2, 0) is 15.8 Å². The van der Waals surface area contributed by atoms with Crippen LogP contribution in [0.15, 0.2) is 5.38 Å². The van der Waals surface area contributed by atoms with E-state index in [1.54, 1.807) is 11.3 Å². The van der Waals surface area contributed by atoms with Crippen molar-refractivity contribution in [2.45, 2.75) is 45.5 Å². The fourth-order valence-corrected chi connectivity index (χ4v) is 3.54. The molecule has 0 saturated carbocycles. The number of morpholine rings is 1. The fourth-order valence-electron chi connectivity index (χ4n) is 1.73. The number of ether oxygens (including phenoxy) is 1. The number of aromatic nitrogens is 1. The van der Waals surface area contributed by atoms with Crippen molar-refractivity contribution in [3.05, 3.63) is 11.1 Å². The Hall–Kier alpha value is -0.433. The molecule has 20 heavy (non-hydrogen) atoms. The third-order valence-corrected chi connectivity index (χ3v) is 9.64. The highest BCUT2D eigenvalue weighted by atomic mass is 32.1. The second-order valence-electron chi connectivity index (χ2n) is 6.77. The van der Waals surface area contributed by atoms with Crippen molar-refractivity contribution in [2.75, 3.05) is 31.2 Å². The van der Waals surface area contributed by atoms with Gasteiger partial charge in [0.05, 0.1) is 25.5 Å². The molecule has 0 radical (unpaired) electrons. The monoisotopic (exact) mass is 314 g/mol. The van der Waals surface area contributed by atoms with Gasteiger partial charge in [0.2, 0.25) is 0 Å². The molecule has 0 spiro atoms. The van der Waals surface area contributed by atoms with Crippen LogP contribution in [0.5, 0.6) is 0 Å². The van der Waals surface area contributed by atoms with Crippen LogP contribution in [0.25, 0.3) is 0 Å². The minimum atomic E-state index is -1.69. The van der Waals surface area contributed by atoms with E-state index in [0.29, 0.717) is 6.61 Å². The third-order valence-electron chi connectivity index (χ3n) is 4.21. The van der Waals surface area contributed by atoms with Crippen LogP contribution in [0.2, 0.25) is 18.1 Å². The average Bonchev–Trinajstić information content (AvgIpc) is 2.85. The van der Waals surface area contributed by atoms with Gasteiger partial charge >= 0.3 is 0 Å². The molecule has 1 saturated heterocycles. The predicted octanol–water partition coefficient (Wildman–Crippen LogP) is 3.50. The van der Waals surface area contributed by atoms with Gasteiger partial charge in [0, 0.05) is 18.5 Å². The smallest absolute Gasteiger partial charge is 0.192 e. The molecule has 0 bridgehead atoms. The summed E-state index contributed by atoms with van der Waals surface area (Å²) in [4.78, 5) is 7.00. The Balaban J connectivity index is 1.93. The minimum absolute atomic E-state index is 0.246. The SMILES string of the molecule is CC(C)(C)[Si](C)(C)OCc1csc(N2CCOCC2)n1. The van der Waals surface area contributed by atoms with Gasteiger partial charge in [-0.15, -0.1) is 11.3 Å². The van der Waals surface area contributed by atoms with Crippen molar-refractivity contribution in [3.63, 3.8) is 0 Å². The molecule has 0 unspecified atom stereocenters. The quantitative estimate of drug-likeness (QED) is 0.797. The molecule has 0 amide bonds. The van der Waals surface area contributed by atoms with Crippen molar-refractivity contribution in [1.82, 2.24) is 4.98 Å². The van der Waals surface area contributed by atoms with Crippen LogP contribution >= 0.6 is 11.3 Å². The number of anilines is 1. The number of hydrogen-bond donors (Lipinski definition) is 0. The van der Waals surface area contributed by atoms with Gasteiger partial charge in [-0.25, -0.2) is 4.98 Å². The standard InChI is InChI=1S/C14H26N2O2SSi/c1-14(2,3)20(4,5)18-10-12-11-19-13(15-12)16-6-8-17-9-7-16/h11H,6-10H2,1-5H3. The summed E-state index contributed by atoms with van der Waals surface area (Å²) in [5.74, 6) is 0. The van der Waals surface area contributed by atoms with Gasteiger partial charge in [-0.1, -0.05) is 20.8 Å². The summed E-state index contributed by atoms with van der Waals surface area (Å²) >= 11 is 1.71. The van der Waals surface area contributed by atoms with Crippen molar-refractivity contribution < 1.29 is 9.16 Å². The Morgan fingerprint density at radius 3 is 2.60 bits per heavy atom. The van der Waals surface area contributed by atoms with E-state index in [1.165, 1.54) is 0 Å². The first kappa shape index (κ1) is 15.9. The molecule has 114 valence electrons. The number of rotatable bonds is 4. The van der Waals surface area contributed by atoms with Gasteiger partial charge in [-0.3, -0.25) is 0 Å². The Morgan fingerprint density at radius 2 is 2.00 bits per heavy atom.